The van der Waals surface area contributed by atoms with Gasteiger partial charge in [-0.15, -0.1) is 21.5 Å². The molecule has 11 heteroatoms. The van der Waals surface area contributed by atoms with Gasteiger partial charge in [-0.1, -0.05) is 0 Å². The Morgan fingerprint density at radius 3 is 2.49 bits per heavy atom. The SMILES string of the molecule is Cc1c(F)cc(NC(=O)c2c(C)c(C(=O)C(=O)NC3(c4nncs4)CC3)c3n2[C@@H]2C[C@@H]2C3)cc1F. The average molecular weight is 498 g/mol. The van der Waals surface area contributed by atoms with Crippen molar-refractivity contribution in [2.45, 2.75) is 51.1 Å². The summed E-state index contributed by atoms with van der Waals surface area (Å²) in [5, 5.41) is 13.9. The minimum Gasteiger partial charge on any atom is -0.337 e. The Morgan fingerprint density at radius 1 is 1.14 bits per heavy atom. The van der Waals surface area contributed by atoms with E-state index in [2.05, 4.69) is 20.8 Å². The smallest absolute Gasteiger partial charge is 0.293 e. The number of rotatable bonds is 6. The molecule has 8 nitrogen and oxygen atoms in total. The van der Waals surface area contributed by atoms with Crippen molar-refractivity contribution in [2.75, 3.05) is 5.32 Å². The van der Waals surface area contributed by atoms with E-state index in [1.165, 1.54) is 18.3 Å². The van der Waals surface area contributed by atoms with Crippen molar-refractivity contribution < 1.29 is 23.2 Å². The average Bonchev–Trinajstić information content (AvgIpc) is 3.60. The number of carbonyl (C=O) groups excluding carboxylic acids is 3. The molecule has 1 aliphatic heterocycles. The summed E-state index contributed by atoms with van der Waals surface area (Å²) in [6, 6.07) is 2.19. The number of halogens is 2. The zero-order valence-corrected chi connectivity index (χ0v) is 19.8. The summed E-state index contributed by atoms with van der Waals surface area (Å²) in [6.07, 6.45) is 2.84. The molecule has 0 unspecified atom stereocenters. The molecule has 2 aliphatic carbocycles. The lowest BCUT2D eigenvalue weighted by atomic mass is 10.0. The molecule has 6 rings (SSSR count). The lowest BCUT2D eigenvalue weighted by molar-refractivity contribution is -0.118. The molecular weight excluding hydrogens is 476 g/mol. The minimum absolute atomic E-state index is 0.0192. The fourth-order valence-electron chi connectivity index (χ4n) is 5.13. The van der Waals surface area contributed by atoms with Gasteiger partial charge in [-0.25, -0.2) is 8.78 Å². The third-order valence-electron chi connectivity index (χ3n) is 7.28. The quantitative estimate of drug-likeness (QED) is 0.400. The standard InChI is InChI=1S/C24H21F2N5O3S/c1-10-14(25)7-13(8-15(10)26)28-21(33)19-11(2)18(17-6-12-5-16(12)31(17)19)20(32)22(34)29-24(3-4-24)23-30-27-9-35-23/h7-9,12,16H,3-6H2,1-2H3,(H,28,33)(H,29,34)/t12-,16-/m1/s1. The molecule has 2 N–H and O–H groups in total. The predicted octanol–water partition coefficient (Wildman–Crippen LogP) is 3.59. The second-order valence-corrected chi connectivity index (χ2v) is 10.4. The van der Waals surface area contributed by atoms with Gasteiger partial charge in [0.15, 0.2) is 0 Å². The predicted molar refractivity (Wildman–Crippen MR) is 122 cm³/mol. The number of hydrogen-bond acceptors (Lipinski definition) is 6. The van der Waals surface area contributed by atoms with Gasteiger partial charge >= 0.3 is 0 Å². The highest BCUT2D eigenvalue weighted by Crippen LogP contribution is 2.54. The van der Waals surface area contributed by atoms with Crippen molar-refractivity contribution >= 4 is 34.6 Å². The molecule has 2 amide bonds. The van der Waals surface area contributed by atoms with E-state index >= 15 is 0 Å². The van der Waals surface area contributed by atoms with Crippen molar-refractivity contribution in [3.8, 4) is 0 Å². The summed E-state index contributed by atoms with van der Waals surface area (Å²) in [4.78, 5) is 39.6. The van der Waals surface area contributed by atoms with E-state index in [0.29, 0.717) is 41.4 Å². The van der Waals surface area contributed by atoms with E-state index in [9.17, 15) is 23.2 Å². The van der Waals surface area contributed by atoms with Crippen LogP contribution < -0.4 is 10.6 Å². The van der Waals surface area contributed by atoms with Gasteiger partial charge in [0.1, 0.15) is 27.8 Å². The van der Waals surface area contributed by atoms with Crippen LogP contribution in [0.25, 0.3) is 0 Å². The number of amides is 2. The number of aromatic nitrogens is 3. The summed E-state index contributed by atoms with van der Waals surface area (Å²) < 4.78 is 29.8. The van der Waals surface area contributed by atoms with Crippen LogP contribution in [0.2, 0.25) is 0 Å². The molecule has 2 atom stereocenters. The third-order valence-corrected chi connectivity index (χ3v) is 8.18. The van der Waals surface area contributed by atoms with Crippen LogP contribution in [-0.4, -0.2) is 32.4 Å². The highest BCUT2D eigenvalue weighted by Gasteiger charge is 2.52. The van der Waals surface area contributed by atoms with Crippen LogP contribution in [0.1, 0.15) is 68.0 Å². The van der Waals surface area contributed by atoms with Crippen molar-refractivity contribution in [3.63, 3.8) is 0 Å². The zero-order chi connectivity index (χ0) is 24.6. The number of benzene rings is 1. The van der Waals surface area contributed by atoms with Crippen LogP contribution in [0.15, 0.2) is 17.6 Å². The molecule has 0 radical (unpaired) electrons. The van der Waals surface area contributed by atoms with Crippen LogP contribution in [0.4, 0.5) is 14.5 Å². The first kappa shape index (κ1) is 22.0. The van der Waals surface area contributed by atoms with Gasteiger partial charge < -0.3 is 15.2 Å². The minimum atomic E-state index is -0.767. The van der Waals surface area contributed by atoms with Gasteiger partial charge in [0, 0.05) is 23.0 Å². The van der Waals surface area contributed by atoms with E-state index in [1.807, 2.05) is 4.57 Å². The van der Waals surface area contributed by atoms with Gasteiger partial charge in [0.05, 0.1) is 11.1 Å². The first-order valence-corrected chi connectivity index (χ1v) is 12.2. The van der Waals surface area contributed by atoms with Crippen molar-refractivity contribution in [1.82, 2.24) is 20.1 Å². The molecule has 1 aromatic carbocycles. The molecule has 35 heavy (non-hydrogen) atoms. The van der Waals surface area contributed by atoms with E-state index < -0.39 is 34.8 Å². The Balaban J connectivity index is 1.32. The highest BCUT2D eigenvalue weighted by atomic mass is 32.1. The molecule has 2 fully saturated rings. The van der Waals surface area contributed by atoms with E-state index in [1.54, 1.807) is 12.4 Å². The summed E-state index contributed by atoms with van der Waals surface area (Å²) in [7, 11) is 0. The summed E-state index contributed by atoms with van der Waals surface area (Å²) >= 11 is 1.32. The van der Waals surface area contributed by atoms with Gasteiger partial charge in [-0.2, -0.15) is 0 Å². The number of nitrogens with zero attached hydrogens (tertiary/aromatic N) is 3. The summed E-state index contributed by atoms with van der Waals surface area (Å²) in [5.74, 6) is -3.24. The maximum absolute atomic E-state index is 14.0. The topological polar surface area (TPSA) is 106 Å². The van der Waals surface area contributed by atoms with Gasteiger partial charge in [0.25, 0.3) is 17.6 Å². The molecular formula is C24H21F2N5O3S. The number of fused-ring (bicyclic) bond motifs is 3. The number of anilines is 1. The number of Topliss-reactive ketones (excluding diaryl/α,β-unsaturated/α-hetero) is 1. The second kappa shape index (κ2) is 7.51. The van der Waals surface area contributed by atoms with E-state index in [0.717, 1.165) is 18.6 Å². The van der Waals surface area contributed by atoms with Crippen LogP contribution >= 0.6 is 11.3 Å². The van der Waals surface area contributed by atoms with Crippen LogP contribution in [0, 0.1) is 31.4 Å². The molecule has 3 heterocycles. The largest absolute Gasteiger partial charge is 0.337 e. The zero-order valence-electron chi connectivity index (χ0n) is 18.9. The second-order valence-electron chi connectivity index (χ2n) is 9.56. The highest BCUT2D eigenvalue weighted by molar-refractivity contribution is 7.09. The first-order valence-electron chi connectivity index (χ1n) is 11.3. The molecule has 0 spiro atoms. The van der Waals surface area contributed by atoms with Crippen LogP contribution in [0.5, 0.6) is 0 Å². The maximum Gasteiger partial charge on any atom is 0.293 e. The molecule has 3 aliphatic rings. The molecule has 180 valence electrons. The molecule has 0 saturated heterocycles. The van der Waals surface area contributed by atoms with Gasteiger partial charge in [0.2, 0.25) is 0 Å². The third kappa shape index (κ3) is 3.40. The Bertz CT molecular complexity index is 1400. The van der Waals surface area contributed by atoms with Crippen LogP contribution in [-0.2, 0) is 16.8 Å². The van der Waals surface area contributed by atoms with Crippen molar-refractivity contribution in [3.05, 3.63) is 62.4 Å². The summed E-state index contributed by atoms with van der Waals surface area (Å²) in [6.45, 7) is 2.94. The Hall–Kier alpha value is -3.47. The number of nitrogens with one attached hydrogen (secondary N) is 2. The monoisotopic (exact) mass is 497 g/mol. The van der Waals surface area contributed by atoms with Crippen LogP contribution in [0.3, 0.4) is 0 Å². The number of hydrogen-bond donors (Lipinski definition) is 2. The lowest BCUT2D eigenvalue weighted by Crippen LogP contribution is -2.39. The van der Waals surface area contributed by atoms with Crippen molar-refractivity contribution in [1.29, 1.82) is 0 Å². The molecule has 3 aromatic rings. The molecule has 0 bridgehead atoms. The summed E-state index contributed by atoms with van der Waals surface area (Å²) in [5.41, 5.74) is 2.29. The lowest BCUT2D eigenvalue weighted by Gasteiger charge is -2.14. The number of carbonyl (C=O) groups is 3. The van der Waals surface area contributed by atoms with Crippen molar-refractivity contribution in [2.24, 2.45) is 5.92 Å². The molecule has 2 aromatic heterocycles. The fraction of sp³-hybridized carbons (Fsp3) is 0.375. The van der Waals surface area contributed by atoms with Gasteiger partial charge in [-0.05, 0) is 63.1 Å². The first-order chi connectivity index (χ1) is 16.7. The van der Waals surface area contributed by atoms with E-state index in [4.69, 9.17) is 0 Å². The van der Waals surface area contributed by atoms with E-state index in [-0.39, 0.29) is 28.6 Å². The maximum atomic E-state index is 14.0. The number of ketones is 1. The fourth-order valence-corrected chi connectivity index (χ4v) is 5.90. The molecule has 2 saturated carbocycles. The Morgan fingerprint density at radius 2 is 1.86 bits per heavy atom. The van der Waals surface area contributed by atoms with Gasteiger partial charge in [-0.3, -0.25) is 14.4 Å². The normalized spacial score (nSPS) is 20.7. The Kier molecular flexibility index (Phi) is 4.73. The Labute approximate surface area is 202 Å².